The highest BCUT2D eigenvalue weighted by atomic mass is 14.9. The maximum atomic E-state index is 5.98. The van der Waals surface area contributed by atoms with Crippen molar-refractivity contribution in [1.29, 1.82) is 0 Å². The zero-order valence-electron chi connectivity index (χ0n) is 11.5. The SMILES string of the molecule is Cc1nc(N)c(-c2ccc(C3CCC3)cc2)nc1C. The number of aryl methyl sites for hydroxylation is 2. The first kappa shape index (κ1) is 12.2. The van der Waals surface area contributed by atoms with Crippen molar-refractivity contribution in [3.05, 3.63) is 41.2 Å². The Bertz CT molecular complexity index is 598. The number of rotatable bonds is 2. The van der Waals surface area contributed by atoms with Crippen LogP contribution in [0.4, 0.5) is 5.82 Å². The van der Waals surface area contributed by atoms with E-state index < -0.39 is 0 Å². The van der Waals surface area contributed by atoms with Gasteiger partial charge in [-0.25, -0.2) is 9.97 Å². The summed E-state index contributed by atoms with van der Waals surface area (Å²) in [5.74, 6) is 1.27. The van der Waals surface area contributed by atoms with Gasteiger partial charge < -0.3 is 5.73 Å². The monoisotopic (exact) mass is 253 g/mol. The second-order valence-electron chi connectivity index (χ2n) is 5.38. The van der Waals surface area contributed by atoms with Gasteiger partial charge in [0.15, 0.2) is 0 Å². The number of aromatic nitrogens is 2. The van der Waals surface area contributed by atoms with E-state index in [2.05, 4.69) is 34.2 Å². The predicted octanol–water partition coefficient (Wildman–Crippen LogP) is 3.61. The molecule has 0 bridgehead atoms. The molecule has 0 saturated heterocycles. The van der Waals surface area contributed by atoms with Gasteiger partial charge in [0.25, 0.3) is 0 Å². The summed E-state index contributed by atoms with van der Waals surface area (Å²) < 4.78 is 0. The fraction of sp³-hybridized carbons (Fsp3) is 0.375. The number of benzene rings is 1. The highest BCUT2D eigenvalue weighted by molar-refractivity contribution is 5.70. The van der Waals surface area contributed by atoms with Crippen LogP contribution in [0.5, 0.6) is 0 Å². The number of hydrogen-bond acceptors (Lipinski definition) is 3. The summed E-state index contributed by atoms with van der Waals surface area (Å²) in [5.41, 5.74) is 11.1. The van der Waals surface area contributed by atoms with Gasteiger partial charge in [-0.1, -0.05) is 30.7 Å². The van der Waals surface area contributed by atoms with Gasteiger partial charge in [0.05, 0.1) is 11.4 Å². The molecule has 1 aliphatic rings. The zero-order valence-corrected chi connectivity index (χ0v) is 11.5. The lowest BCUT2D eigenvalue weighted by molar-refractivity contribution is 0.420. The molecule has 0 unspecified atom stereocenters. The molecule has 3 heteroatoms. The highest BCUT2D eigenvalue weighted by Crippen LogP contribution is 2.37. The van der Waals surface area contributed by atoms with E-state index in [1.807, 2.05) is 13.8 Å². The predicted molar refractivity (Wildman–Crippen MR) is 77.9 cm³/mol. The van der Waals surface area contributed by atoms with Crippen LogP contribution in [-0.2, 0) is 0 Å². The molecule has 0 radical (unpaired) electrons. The maximum Gasteiger partial charge on any atom is 0.150 e. The van der Waals surface area contributed by atoms with Gasteiger partial charge in [-0.05, 0) is 38.2 Å². The molecule has 19 heavy (non-hydrogen) atoms. The normalized spacial score (nSPS) is 15.3. The van der Waals surface area contributed by atoms with Crippen LogP contribution in [0, 0.1) is 13.8 Å². The third kappa shape index (κ3) is 2.21. The van der Waals surface area contributed by atoms with E-state index in [1.54, 1.807) is 0 Å². The Kier molecular flexibility index (Phi) is 2.97. The molecule has 3 rings (SSSR count). The van der Waals surface area contributed by atoms with E-state index >= 15 is 0 Å². The average Bonchev–Trinajstić information content (AvgIpc) is 2.33. The van der Waals surface area contributed by atoms with Crippen molar-refractivity contribution >= 4 is 5.82 Å². The van der Waals surface area contributed by atoms with Gasteiger partial charge in [0.1, 0.15) is 11.5 Å². The molecule has 0 spiro atoms. The molecule has 0 amide bonds. The third-order valence-corrected chi connectivity index (χ3v) is 4.09. The quantitative estimate of drug-likeness (QED) is 0.889. The summed E-state index contributed by atoms with van der Waals surface area (Å²) in [6.45, 7) is 3.90. The van der Waals surface area contributed by atoms with Crippen molar-refractivity contribution in [2.24, 2.45) is 0 Å². The molecule has 1 heterocycles. The summed E-state index contributed by atoms with van der Waals surface area (Å²) in [4.78, 5) is 8.91. The lowest BCUT2D eigenvalue weighted by Crippen LogP contribution is -2.08. The van der Waals surface area contributed by atoms with Crippen LogP contribution in [-0.4, -0.2) is 9.97 Å². The molecule has 0 aliphatic heterocycles. The maximum absolute atomic E-state index is 5.98. The topological polar surface area (TPSA) is 51.8 Å². The van der Waals surface area contributed by atoms with Crippen LogP contribution < -0.4 is 5.73 Å². The summed E-state index contributed by atoms with van der Waals surface area (Å²) in [6.07, 6.45) is 4.01. The minimum Gasteiger partial charge on any atom is -0.382 e. The van der Waals surface area contributed by atoms with Crippen LogP contribution in [0.2, 0.25) is 0 Å². The Balaban J connectivity index is 1.95. The number of nitrogens with two attached hydrogens (primary N) is 1. The Morgan fingerprint density at radius 2 is 1.63 bits per heavy atom. The lowest BCUT2D eigenvalue weighted by atomic mass is 9.80. The molecule has 1 fully saturated rings. The van der Waals surface area contributed by atoms with Crippen LogP contribution in [0.25, 0.3) is 11.3 Å². The molecule has 0 atom stereocenters. The van der Waals surface area contributed by atoms with Crippen molar-refractivity contribution < 1.29 is 0 Å². The minimum absolute atomic E-state index is 0.513. The standard InChI is InChI=1S/C16H19N3/c1-10-11(2)19-16(17)15(18-10)14-8-6-13(7-9-14)12-4-3-5-12/h6-9,12H,3-5H2,1-2H3,(H2,17,19). The van der Waals surface area contributed by atoms with E-state index in [0.717, 1.165) is 28.6 Å². The van der Waals surface area contributed by atoms with Gasteiger partial charge in [-0.3, -0.25) is 0 Å². The van der Waals surface area contributed by atoms with E-state index in [1.165, 1.54) is 24.8 Å². The van der Waals surface area contributed by atoms with Crippen LogP contribution >= 0.6 is 0 Å². The second-order valence-corrected chi connectivity index (χ2v) is 5.38. The molecule has 2 aromatic rings. The fourth-order valence-corrected chi connectivity index (χ4v) is 2.49. The molecule has 1 aliphatic carbocycles. The van der Waals surface area contributed by atoms with Gasteiger partial charge >= 0.3 is 0 Å². The highest BCUT2D eigenvalue weighted by Gasteiger charge is 2.19. The zero-order chi connectivity index (χ0) is 13.4. The van der Waals surface area contributed by atoms with Crippen molar-refractivity contribution in [3.8, 4) is 11.3 Å². The Hall–Kier alpha value is -1.90. The van der Waals surface area contributed by atoms with Gasteiger partial charge in [-0.2, -0.15) is 0 Å². The van der Waals surface area contributed by atoms with E-state index in [0.29, 0.717) is 5.82 Å². The second kappa shape index (κ2) is 4.65. The van der Waals surface area contributed by atoms with E-state index in [4.69, 9.17) is 5.73 Å². The molecule has 1 aromatic carbocycles. The van der Waals surface area contributed by atoms with Crippen LogP contribution in [0.15, 0.2) is 24.3 Å². The third-order valence-electron chi connectivity index (χ3n) is 4.09. The fourth-order valence-electron chi connectivity index (χ4n) is 2.49. The summed E-state index contributed by atoms with van der Waals surface area (Å²) in [7, 11) is 0. The number of anilines is 1. The van der Waals surface area contributed by atoms with Crippen molar-refractivity contribution in [3.63, 3.8) is 0 Å². The first-order valence-corrected chi connectivity index (χ1v) is 6.86. The molecule has 1 aromatic heterocycles. The van der Waals surface area contributed by atoms with Crippen LogP contribution in [0.3, 0.4) is 0 Å². The summed E-state index contributed by atoms with van der Waals surface area (Å²) in [5, 5.41) is 0. The molecule has 2 N–H and O–H groups in total. The Morgan fingerprint density at radius 3 is 2.21 bits per heavy atom. The van der Waals surface area contributed by atoms with Gasteiger partial charge in [-0.15, -0.1) is 0 Å². The molecular formula is C16H19N3. The Morgan fingerprint density at radius 1 is 1.00 bits per heavy atom. The summed E-state index contributed by atoms with van der Waals surface area (Å²) >= 11 is 0. The largest absolute Gasteiger partial charge is 0.382 e. The van der Waals surface area contributed by atoms with E-state index in [9.17, 15) is 0 Å². The summed E-state index contributed by atoms with van der Waals surface area (Å²) in [6, 6.07) is 8.64. The first-order valence-electron chi connectivity index (χ1n) is 6.86. The number of hydrogen-bond donors (Lipinski definition) is 1. The van der Waals surface area contributed by atoms with Crippen molar-refractivity contribution in [2.45, 2.75) is 39.0 Å². The average molecular weight is 253 g/mol. The lowest BCUT2D eigenvalue weighted by Gasteiger charge is -2.25. The number of nitrogen functional groups attached to an aromatic ring is 1. The molecule has 1 saturated carbocycles. The van der Waals surface area contributed by atoms with Gasteiger partial charge in [0, 0.05) is 5.56 Å². The van der Waals surface area contributed by atoms with Gasteiger partial charge in [0.2, 0.25) is 0 Å². The molecule has 98 valence electrons. The Labute approximate surface area is 113 Å². The van der Waals surface area contributed by atoms with E-state index in [-0.39, 0.29) is 0 Å². The van der Waals surface area contributed by atoms with Crippen LogP contribution in [0.1, 0.15) is 42.1 Å². The van der Waals surface area contributed by atoms with Crippen molar-refractivity contribution in [2.75, 3.05) is 5.73 Å². The smallest absolute Gasteiger partial charge is 0.150 e. The first-order chi connectivity index (χ1) is 9.15. The van der Waals surface area contributed by atoms with Crippen molar-refractivity contribution in [1.82, 2.24) is 9.97 Å². The molecular weight excluding hydrogens is 234 g/mol. The molecule has 3 nitrogen and oxygen atoms in total. The minimum atomic E-state index is 0.513. The number of nitrogens with zero attached hydrogens (tertiary/aromatic N) is 2.